The van der Waals surface area contributed by atoms with Gasteiger partial charge in [-0.3, -0.25) is 14.5 Å². The van der Waals surface area contributed by atoms with Gasteiger partial charge in [-0.25, -0.2) is 0 Å². The van der Waals surface area contributed by atoms with Crippen LogP contribution in [0.4, 0.5) is 0 Å². The zero-order chi connectivity index (χ0) is 22.3. The number of benzene rings is 2. The monoisotopic (exact) mass is 435 g/mol. The SMILES string of the molecule is COc1ccc(CCN2CCN(C(=O)C(c3ccccc3)N3CCCCC3=O)CC2)cc1. The maximum absolute atomic E-state index is 13.6. The minimum atomic E-state index is -0.505. The third kappa shape index (κ3) is 5.30. The van der Waals surface area contributed by atoms with Gasteiger partial charge in [0.1, 0.15) is 11.8 Å². The van der Waals surface area contributed by atoms with E-state index in [1.165, 1.54) is 5.56 Å². The Balaban J connectivity index is 1.36. The lowest BCUT2D eigenvalue weighted by atomic mass is 9.99. The van der Waals surface area contributed by atoms with Crippen LogP contribution in [-0.2, 0) is 16.0 Å². The van der Waals surface area contributed by atoms with Gasteiger partial charge in [-0.15, -0.1) is 0 Å². The number of likely N-dealkylation sites (tertiary alicyclic amines) is 1. The Labute approximate surface area is 190 Å². The third-order valence-corrected chi connectivity index (χ3v) is 6.58. The third-order valence-electron chi connectivity index (χ3n) is 6.58. The number of hydrogen-bond donors (Lipinski definition) is 0. The van der Waals surface area contributed by atoms with Gasteiger partial charge in [0.05, 0.1) is 7.11 Å². The molecule has 2 fully saturated rings. The number of ether oxygens (including phenoxy) is 1. The fraction of sp³-hybridized carbons (Fsp3) is 0.462. The van der Waals surface area contributed by atoms with E-state index < -0.39 is 6.04 Å². The standard InChI is InChI=1S/C26H33N3O3/c1-32-23-12-10-21(11-13-23)14-16-27-17-19-28(20-18-27)26(31)25(22-7-3-2-4-8-22)29-15-6-5-9-24(29)30/h2-4,7-8,10-13,25H,5-6,9,14-20H2,1H3. The summed E-state index contributed by atoms with van der Waals surface area (Å²) in [5.41, 5.74) is 2.20. The number of piperidine rings is 1. The summed E-state index contributed by atoms with van der Waals surface area (Å²) in [6.45, 7) is 4.75. The van der Waals surface area contributed by atoms with Crippen LogP contribution in [0.15, 0.2) is 54.6 Å². The normalized spacial score (nSPS) is 18.5. The molecule has 2 amide bonds. The molecule has 6 nitrogen and oxygen atoms in total. The summed E-state index contributed by atoms with van der Waals surface area (Å²) < 4.78 is 5.23. The molecule has 0 aromatic heterocycles. The summed E-state index contributed by atoms with van der Waals surface area (Å²) in [4.78, 5) is 32.4. The molecule has 0 spiro atoms. The van der Waals surface area contributed by atoms with Gasteiger partial charge < -0.3 is 14.5 Å². The largest absolute Gasteiger partial charge is 0.497 e. The summed E-state index contributed by atoms with van der Waals surface area (Å²) in [5.74, 6) is 1.03. The van der Waals surface area contributed by atoms with Gasteiger partial charge in [0.2, 0.25) is 11.8 Å². The topological polar surface area (TPSA) is 53.1 Å². The van der Waals surface area contributed by atoms with E-state index in [0.29, 0.717) is 26.1 Å². The predicted octanol–water partition coefficient (Wildman–Crippen LogP) is 3.14. The molecule has 2 aliphatic heterocycles. The fourth-order valence-corrected chi connectivity index (χ4v) is 4.64. The van der Waals surface area contributed by atoms with Crippen LogP contribution in [0.5, 0.6) is 5.75 Å². The number of amides is 2. The Morgan fingerprint density at radius 1 is 0.938 bits per heavy atom. The molecule has 2 aliphatic rings. The van der Waals surface area contributed by atoms with Crippen molar-refractivity contribution in [2.24, 2.45) is 0 Å². The number of nitrogens with zero attached hydrogens (tertiary/aromatic N) is 3. The number of methoxy groups -OCH3 is 1. The molecule has 2 saturated heterocycles. The highest BCUT2D eigenvalue weighted by molar-refractivity contribution is 5.89. The lowest BCUT2D eigenvalue weighted by Crippen LogP contribution is -2.53. The van der Waals surface area contributed by atoms with E-state index in [2.05, 4.69) is 17.0 Å². The van der Waals surface area contributed by atoms with Gasteiger partial charge in [-0.2, -0.15) is 0 Å². The fourth-order valence-electron chi connectivity index (χ4n) is 4.64. The van der Waals surface area contributed by atoms with Gasteiger partial charge in [-0.1, -0.05) is 42.5 Å². The van der Waals surface area contributed by atoms with Crippen molar-refractivity contribution in [2.75, 3.05) is 46.4 Å². The van der Waals surface area contributed by atoms with Gasteiger partial charge in [-0.05, 0) is 42.5 Å². The molecule has 170 valence electrons. The molecule has 6 heteroatoms. The molecule has 0 bridgehead atoms. The highest BCUT2D eigenvalue weighted by atomic mass is 16.5. The smallest absolute Gasteiger partial charge is 0.250 e. The summed E-state index contributed by atoms with van der Waals surface area (Å²) in [7, 11) is 1.68. The lowest BCUT2D eigenvalue weighted by Gasteiger charge is -2.40. The molecule has 32 heavy (non-hydrogen) atoms. The van der Waals surface area contributed by atoms with Crippen molar-refractivity contribution in [2.45, 2.75) is 31.7 Å². The number of piperazine rings is 1. The van der Waals surface area contributed by atoms with Crippen LogP contribution < -0.4 is 4.74 Å². The first kappa shape index (κ1) is 22.3. The molecule has 4 rings (SSSR count). The quantitative estimate of drug-likeness (QED) is 0.671. The highest BCUT2D eigenvalue weighted by Gasteiger charge is 2.36. The van der Waals surface area contributed by atoms with E-state index in [0.717, 1.165) is 50.2 Å². The van der Waals surface area contributed by atoms with E-state index in [-0.39, 0.29) is 11.8 Å². The first-order valence-electron chi connectivity index (χ1n) is 11.6. The summed E-state index contributed by atoms with van der Waals surface area (Å²) in [6, 6.07) is 17.5. The van der Waals surface area contributed by atoms with Crippen molar-refractivity contribution < 1.29 is 14.3 Å². The minimum absolute atomic E-state index is 0.0567. The van der Waals surface area contributed by atoms with Crippen LogP contribution in [0.25, 0.3) is 0 Å². The molecule has 2 aromatic rings. The molecule has 2 aromatic carbocycles. The van der Waals surface area contributed by atoms with E-state index in [4.69, 9.17) is 4.74 Å². The number of carbonyl (C=O) groups excluding carboxylic acids is 2. The minimum Gasteiger partial charge on any atom is -0.497 e. The molecule has 1 unspecified atom stereocenters. The van der Waals surface area contributed by atoms with Crippen molar-refractivity contribution in [1.29, 1.82) is 0 Å². The van der Waals surface area contributed by atoms with Crippen molar-refractivity contribution in [3.63, 3.8) is 0 Å². The Morgan fingerprint density at radius 2 is 1.66 bits per heavy atom. The second-order valence-electron chi connectivity index (χ2n) is 8.62. The average molecular weight is 436 g/mol. The Hall–Kier alpha value is -2.86. The van der Waals surface area contributed by atoms with Crippen LogP contribution in [0, 0.1) is 0 Å². The van der Waals surface area contributed by atoms with Gasteiger partial charge in [0.15, 0.2) is 0 Å². The predicted molar refractivity (Wildman–Crippen MR) is 124 cm³/mol. The molecule has 0 N–H and O–H groups in total. The lowest BCUT2D eigenvalue weighted by molar-refractivity contribution is -0.148. The first-order chi connectivity index (χ1) is 15.7. The van der Waals surface area contributed by atoms with Crippen molar-refractivity contribution in [1.82, 2.24) is 14.7 Å². The van der Waals surface area contributed by atoms with Crippen molar-refractivity contribution in [3.8, 4) is 5.75 Å². The Bertz CT molecular complexity index is 892. The molecule has 0 aliphatic carbocycles. The summed E-state index contributed by atoms with van der Waals surface area (Å²) >= 11 is 0. The molecular formula is C26H33N3O3. The van der Waals surface area contributed by atoms with E-state index in [1.807, 2.05) is 47.4 Å². The van der Waals surface area contributed by atoms with Crippen molar-refractivity contribution in [3.05, 3.63) is 65.7 Å². The van der Waals surface area contributed by atoms with Crippen LogP contribution in [-0.4, -0.2) is 72.9 Å². The van der Waals surface area contributed by atoms with Gasteiger partial charge in [0, 0.05) is 45.7 Å². The van der Waals surface area contributed by atoms with Crippen molar-refractivity contribution >= 4 is 11.8 Å². The number of hydrogen-bond acceptors (Lipinski definition) is 4. The van der Waals surface area contributed by atoms with E-state index in [1.54, 1.807) is 12.0 Å². The van der Waals surface area contributed by atoms with E-state index >= 15 is 0 Å². The summed E-state index contributed by atoms with van der Waals surface area (Å²) in [6.07, 6.45) is 3.39. The average Bonchev–Trinajstić information content (AvgIpc) is 2.85. The molecule has 1 atom stereocenters. The van der Waals surface area contributed by atoms with Gasteiger partial charge in [0.25, 0.3) is 0 Å². The van der Waals surface area contributed by atoms with Crippen LogP contribution in [0.1, 0.15) is 36.4 Å². The van der Waals surface area contributed by atoms with E-state index in [9.17, 15) is 9.59 Å². The zero-order valence-electron chi connectivity index (χ0n) is 18.9. The molecule has 0 radical (unpaired) electrons. The molecule has 0 saturated carbocycles. The zero-order valence-corrected chi connectivity index (χ0v) is 18.9. The van der Waals surface area contributed by atoms with Crippen LogP contribution in [0.2, 0.25) is 0 Å². The maximum Gasteiger partial charge on any atom is 0.250 e. The Kier molecular flexibility index (Phi) is 7.43. The highest BCUT2D eigenvalue weighted by Crippen LogP contribution is 2.28. The second-order valence-corrected chi connectivity index (χ2v) is 8.62. The van der Waals surface area contributed by atoms with Crippen LogP contribution in [0.3, 0.4) is 0 Å². The molecular weight excluding hydrogens is 402 g/mol. The Morgan fingerprint density at radius 3 is 2.31 bits per heavy atom. The molecule has 2 heterocycles. The summed E-state index contributed by atoms with van der Waals surface area (Å²) in [5, 5.41) is 0. The van der Waals surface area contributed by atoms with Gasteiger partial charge >= 0.3 is 0 Å². The second kappa shape index (κ2) is 10.6. The van der Waals surface area contributed by atoms with Crippen LogP contribution >= 0.6 is 0 Å². The number of carbonyl (C=O) groups is 2. The first-order valence-corrected chi connectivity index (χ1v) is 11.6. The maximum atomic E-state index is 13.6. The number of rotatable bonds is 7.